The Balaban J connectivity index is 1.16. The molecule has 1 saturated heterocycles. The molecule has 2 aromatic heterocycles. The number of fused-ring (bicyclic) bond motifs is 3. The molecule has 1 aliphatic rings. The van der Waals surface area contributed by atoms with Crippen molar-refractivity contribution < 1.29 is 13.9 Å². The van der Waals surface area contributed by atoms with E-state index >= 15 is 0 Å². The fraction of sp³-hybridized carbons (Fsp3) is 0.304. The number of aryl methyl sites for hydroxylation is 1. The van der Waals surface area contributed by atoms with Crippen molar-refractivity contribution in [1.82, 2.24) is 10.3 Å². The Morgan fingerprint density at radius 3 is 3.00 bits per heavy atom. The van der Waals surface area contributed by atoms with Crippen molar-refractivity contribution in [2.75, 3.05) is 31.1 Å². The Bertz CT molecular complexity index is 1240. The van der Waals surface area contributed by atoms with Crippen LogP contribution in [0.1, 0.15) is 11.4 Å². The molecule has 0 aliphatic carbocycles. The number of carbonyl (C=O) groups excluding carboxylic acids is 1. The summed E-state index contributed by atoms with van der Waals surface area (Å²) in [5.41, 5.74) is 2.03. The van der Waals surface area contributed by atoms with Crippen LogP contribution in [-0.4, -0.2) is 37.1 Å². The smallest absolute Gasteiger partial charge is 0.257 e. The molecule has 31 heavy (non-hydrogen) atoms. The predicted molar refractivity (Wildman–Crippen MR) is 125 cm³/mol. The average Bonchev–Trinajstić information content (AvgIpc) is 3.49. The van der Waals surface area contributed by atoms with Gasteiger partial charge < -0.3 is 15.0 Å². The molecule has 1 amide bonds. The molecular formula is C23H22FN3O2S2. The lowest BCUT2D eigenvalue weighted by atomic mass is 10.1. The Morgan fingerprint density at radius 2 is 2.16 bits per heavy atom. The number of nitrogens with zero attached hydrogens (tertiary/aromatic N) is 2. The average molecular weight is 456 g/mol. The maximum Gasteiger partial charge on any atom is 0.257 e. The molecule has 160 valence electrons. The summed E-state index contributed by atoms with van der Waals surface area (Å²) in [6.45, 7) is 4.36. The zero-order chi connectivity index (χ0) is 21.4. The van der Waals surface area contributed by atoms with E-state index in [1.807, 2.05) is 24.4 Å². The number of amides is 1. The molecule has 5 nitrogen and oxygen atoms in total. The lowest BCUT2D eigenvalue weighted by Crippen LogP contribution is -2.34. The first kappa shape index (κ1) is 20.2. The van der Waals surface area contributed by atoms with E-state index in [4.69, 9.17) is 4.74 Å². The number of rotatable bonds is 6. The number of thiazole rings is 1. The van der Waals surface area contributed by atoms with Crippen molar-refractivity contribution >= 4 is 54.6 Å². The van der Waals surface area contributed by atoms with Gasteiger partial charge in [0.05, 0.1) is 19.9 Å². The molecule has 1 N–H and O–H groups in total. The standard InChI is InChI=1S/C23H22FN3O2S2/c1-14-26-22-20(31-14)10-19(18-7-9-30-23(18)22)29-13-21(28)25-11-15-6-8-27(12-15)17-4-2-16(24)3-5-17/h2-5,7,9-10,15H,6,8,11-13H2,1H3,(H,25,28). The molecule has 1 atom stereocenters. The van der Waals surface area contributed by atoms with E-state index in [9.17, 15) is 9.18 Å². The summed E-state index contributed by atoms with van der Waals surface area (Å²) in [6.07, 6.45) is 0.995. The van der Waals surface area contributed by atoms with Crippen LogP contribution in [0.4, 0.5) is 10.1 Å². The molecule has 1 aliphatic heterocycles. The van der Waals surface area contributed by atoms with Gasteiger partial charge in [-0.3, -0.25) is 4.79 Å². The third kappa shape index (κ3) is 4.22. The van der Waals surface area contributed by atoms with Crippen molar-refractivity contribution in [3.05, 3.63) is 52.6 Å². The molecule has 2 aromatic carbocycles. The number of nitrogens with one attached hydrogen (secondary N) is 1. The Hall–Kier alpha value is -2.71. The Morgan fingerprint density at radius 1 is 1.32 bits per heavy atom. The minimum absolute atomic E-state index is 0.0113. The van der Waals surface area contributed by atoms with Gasteiger partial charge in [-0.2, -0.15) is 0 Å². The third-order valence-corrected chi connectivity index (χ3v) is 7.43. The van der Waals surface area contributed by atoms with Crippen LogP contribution in [0.2, 0.25) is 0 Å². The number of halogens is 1. The number of anilines is 1. The summed E-state index contributed by atoms with van der Waals surface area (Å²) >= 11 is 3.28. The van der Waals surface area contributed by atoms with Crippen molar-refractivity contribution in [1.29, 1.82) is 0 Å². The molecule has 1 fully saturated rings. The highest BCUT2D eigenvalue weighted by atomic mass is 32.1. The molecule has 3 heterocycles. The van der Waals surface area contributed by atoms with Gasteiger partial charge in [0.25, 0.3) is 5.91 Å². The molecule has 4 aromatic rings. The highest BCUT2D eigenvalue weighted by Gasteiger charge is 2.23. The van der Waals surface area contributed by atoms with E-state index in [1.54, 1.807) is 34.8 Å². The first-order chi connectivity index (χ1) is 15.1. The van der Waals surface area contributed by atoms with Crippen LogP contribution in [0.3, 0.4) is 0 Å². The summed E-state index contributed by atoms with van der Waals surface area (Å²) in [6, 6.07) is 10.6. The summed E-state index contributed by atoms with van der Waals surface area (Å²) in [4.78, 5) is 19.3. The number of ether oxygens (including phenoxy) is 1. The molecule has 0 saturated carbocycles. The normalized spacial score (nSPS) is 16.3. The van der Waals surface area contributed by atoms with Gasteiger partial charge in [-0.15, -0.1) is 22.7 Å². The first-order valence-corrected chi connectivity index (χ1v) is 11.9. The van der Waals surface area contributed by atoms with Crippen LogP contribution < -0.4 is 15.0 Å². The van der Waals surface area contributed by atoms with E-state index in [0.717, 1.165) is 56.3 Å². The molecule has 5 rings (SSSR count). The van der Waals surface area contributed by atoms with Crippen LogP contribution in [0.5, 0.6) is 5.75 Å². The topological polar surface area (TPSA) is 54.5 Å². The number of carbonyl (C=O) groups is 1. The fourth-order valence-electron chi connectivity index (χ4n) is 4.04. The molecule has 0 bridgehead atoms. The quantitative estimate of drug-likeness (QED) is 0.446. The summed E-state index contributed by atoms with van der Waals surface area (Å²) in [5.74, 6) is 0.750. The molecule has 8 heteroatoms. The van der Waals surface area contributed by atoms with E-state index in [2.05, 4.69) is 15.2 Å². The largest absolute Gasteiger partial charge is 0.483 e. The van der Waals surface area contributed by atoms with Gasteiger partial charge in [0, 0.05) is 36.8 Å². The number of benzene rings is 2. The second-order valence-electron chi connectivity index (χ2n) is 7.79. The van der Waals surface area contributed by atoms with Gasteiger partial charge in [0.15, 0.2) is 6.61 Å². The van der Waals surface area contributed by atoms with E-state index in [1.165, 1.54) is 12.1 Å². The van der Waals surface area contributed by atoms with Gasteiger partial charge in [-0.25, -0.2) is 9.37 Å². The number of hydrogen-bond donors (Lipinski definition) is 1. The maximum absolute atomic E-state index is 13.1. The van der Waals surface area contributed by atoms with Crippen LogP contribution in [-0.2, 0) is 4.79 Å². The third-order valence-electron chi connectivity index (χ3n) is 5.59. The number of aromatic nitrogens is 1. The maximum atomic E-state index is 13.1. The van der Waals surface area contributed by atoms with Gasteiger partial charge in [0.2, 0.25) is 0 Å². The molecule has 0 spiro atoms. The molecule has 1 unspecified atom stereocenters. The lowest BCUT2D eigenvalue weighted by Gasteiger charge is -2.19. The van der Waals surface area contributed by atoms with E-state index in [0.29, 0.717) is 12.5 Å². The predicted octanol–water partition coefficient (Wildman–Crippen LogP) is 4.98. The SMILES string of the molecule is Cc1nc2c(cc(OCC(=O)NCC3CCN(c4ccc(F)cc4)C3)c3ccsc32)s1. The van der Waals surface area contributed by atoms with Crippen LogP contribution in [0.15, 0.2) is 41.8 Å². The van der Waals surface area contributed by atoms with Gasteiger partial charge >= 0.3 is 0 Å². The monoisotopic (exact) mass is 455 g/mol. The van der Waals surface area contributed by atoms with Crippen LogP contribution in [0, 0.1) is 18.7 Å². The first-order valence-electron chi connectivity index (χ1n) is 10.2. The summed E-state index contributed by atoms with van der Waals surface area (Å²) < 4.78 is 21.2. The zero-order valence-electron chi connectivity index (χ0n) is 17.1. The Kier molecular flexibility index (Phi) is 5.50. The van der Waals surface area contributed by atoms with Crippen molar-refractivity contribution in [3.8, 4) is 5.75 Å². The Labute approximate surface area is 187 Å². The number of thiophene rings is 1. The van der Waals surface area contributed by atoms with Crippen LogP contribution >= 0.6 is 22.7 Å². The van der Waals surface area contributed by atoms with Gasteiger partial charge in [-0.05, 0) is 55.0 Å². The molecular weight excluding hydrogens is 433 g/mol. The fourth-order valence-corrected chi connectivity index (χ4v) is 5.88. The van der Waals surface area contributed by atoms with E-state index < -0.39 is 0 Å². The van der Waals surface area contributed by atoms with E-state index in [-0.39, 0.29) is 18.3 Å². The summed E-state index contributed by atoms with van der Waals surface area (Å²) in [7, 11) is 0. The highest BCUT2D eigenvalue weighted by Crippen LogP contribution is 2.38. The van der Waals surface area contributed by atoms with Gasteiger partial charge in [-0.1, -0.05) is 0 Å². The zero-order valence-corrected chi connectivity index (χ0v) is 18.7. The van der Waals surface area contributed by atoms with Crippen LogP contribution in [0.25, 0.3) is 20.3 Å². The number of hydrogen-bond acceptors (Lipinski definition) is 6. The van der Waals surface area contributed by atoms with Crippen molar-refractivity contribution in [3.63, 3.8) is 0 Å². The second kappa shape index (κ2) is 8.43. The molecule has 0 radical (unpaired) electrons. The van der Waals surface area contributed by atoms with Crippen molar-refractivity contribution in [2.24, 2.45) is 5.92 Å². The van der Waals surface area contributed by atoms with Crippen molar-refractivity contribution in [2.45, 2.75) is 13.3 Å². The van der Waals surface area contributed by atoms with Gasteiger partial charge in [0.1, 0.15) is 11.6 Å². The minimum atomic E-state index is -0.226. The lowest BCUT2D eigenvalue weighted by molar-refractivity contribution is -0.123. The highest BCUT2D eigenvalue weighted by molar-refractivity contribution is 7.21. The summed E-state index contributed by atoms with van der Waals surface area (Å²) in [5, 5.41) is 7.05. The second-order valence-corrected chi connectivity index (χ2v) is 9.94. The minimum Gasteiger partial charge on any atom is -0.483 e.